The highest BCUT2D eigenvalue weighted by Crippen LogP contribution is 1.80. The molecule has 3 aromatic heterocycles. The Bertz CT molecular complexity index is 610. The van der Waals surface area contributed by atoms with E-state index in [2.05, 4.69) is 72.0 Å². The lowest BCUT2D eigenvalue weighted by Crippen LogP contribution is -3.00. The van der Waals surface area contributed by atoms with Crippen LogP contribution in [-0.4, -0.2) is 13.7 Å². The molecule has 27 heavy (non-hydrogen) atoms. The normalized spacial score (nSPS) is 8.67. The van der Waals surface area contributed by atoms with Gasteiger partial charge in [0.25, 0.3) is 0 Å². The molecule has 0 atom stereocenters. The van der Waals surface area contributed by atoms with Crippen molar-refractivity contribution in [2.24, 2.45) is 21.1 Å². The van der Waals surface area contributed by atoms with Gasteiger partial charge in [0.2, 0.25) is 19.0 Å². The molecule has 0 aliphatic heterocycles. The average Bonchev–Trinajstić information content (AvgIpc) is 3.30. The van der Waals surface area contributed by atoms with Crippen molar-refractivity contribution in [3.63, 3.8) is 0 Å². The van der Waals surface area contributed by atoms with Gasteiger partial charge in [-0.2, -0.15) is 0 Å². The van der Waals surface area contributed by atoms with Gasteiger partial charge in [0, 0.05) is 0 Å². The van der Waals surface area contributed by atoms with E-state index in [1.807, 2.05) is 53.4 Å². The van der Waals surface area contributed by atoms with Gasteiger partial charge in [0.1, 0.15) is 37.2 Å². The maximum atomic E-state index is 2.12. The molecule has 3 rings (SSSR count). The Morgan fingerprint density at radius 2 is 0.741 bits per heavy atom. The van der Waals surface area contributed by atoms with Crippen molar-refractivity contribution >= 4 is 0 Å². The first-order chi connectivity index (χ1) is 11.5. The van der Waals surface area contributed by atoms with E-state index in [0.717, 1.165) is 19.6 Å². The van der Waals surface area contributed by atoms with Crippen molar-refractivity contribution < 1.29 is 50.9 Å². The molecule has 156 valence electrons. The third-order valence-electron chi connectivity index (χ3n) is 3.57. The number of aromatic nitrogens is 6. The van der Waals surface area contributed by atoms with Gasteiger partial charge < -0.3 is 37.2 Å². The quantitative estimate of drug-likeness (QED) is 0.363. The highest BCUT2D eigenvalue weighted by molar-refractivity contribution is 4.64. The van der Waals surface area contributed by atoms with E-state index in [1.165, 1.54) is 0 Å². The third kappa shape index (κ3) is 12.5. The van der Waals surface area contributed by atoms with Gasteiger partial charge in [0.15, 0.2) is 0 Å². The van der Waals surface area contributed by atoms with Crippen LogP contribution in [0, 0.1) is 0 Å². The smallest absolute Gasteiger partial charge is 0.243 e. The van der Waals surface area contributed by atoms with Crippen LogP contribution in [0.25, 0.3) is 0 Å². The zero-order valence-electron chi connectivity index (χ0n) is 17.1. The minimum absolute atomic E-state index is 0. The molecule has 0 saturated heterocycles. The molecule has 3 heterocycles. The van der Waals surface area contributed by atoms with Crippen LogP contribution in [-0.2, 0) is 40.8 Å². The molecule has 0 saturated carbocycles. The van der Waals surface area contributed by atoms with Crippen molar-refractivity contribution in [2.45, 2.75) is 40.4 Å². The van der Waals surface area contributed by atoms with Gasteiger partial charge in [-0.25, -0.2) is 27.4 Å². The summed E-state index contributed by atoms with van der Waals surface area (Å²) >= 11 is 0. The minimum atomic E-state index is 0. The van der Waals surface area contributed by atoms with Crippen LogP contribution in [0.5, 0.6) is 0 Å². The molecule has 0 N–H and O–H groups in total. The third-order valence-corrected chi connectivity index (χ3v) is 3.57. The zero-order valence-corrected chi connectivity index (χ0v) is 19.4. The maximum absolute atomic E-state index is 2.12. The maximum Gasteiger partial charge on any atom is 0.243 e. The molecule has 0 aromatic carbocycles. The van der Waals surface area contributed by atoms with E-state index in [4.69, 9.17) is 0 Å². The second kappa shape index (κ2) is 16.7. The predicted octanol–water partition coefficient (Wildman–Crippen LogP) is -7.99. The van der Waals surface area contributed by atoms with Gasteiger partial charge in [-0.15, -0.1) is 0 Å². The van der Waals surface area contributed by atoms with Crippen LogP contribution >= 0.6 is 0 Å². The first-order valence-corrected chi connectivity index (χ1v) is 8.51. The van der Waals surface area contributed by atoms with E-state index in [9.17, 15) is 0 Å². The second-order valence-corrected chi connectivity index (χ2v) is 5.73. The fraction of sp³-hybridized carbons (Fsp3) is 0.500. The predicted molar refractivity (Wildman–Crippen MR) is 93.8 cm³/mol. The van der Waals surface area contributed by atoms with E-state index in [-0.39, 0.29) is 37.2 Å². The Morgan fingerprint density at radius 3 is 0.815 bits per heavy atom. The highest BCUT2D eigenvalue weighted by atomic mass is 35.5. The zero-order chi connectivity index (χ0) is 17.9. The summed E-state index contributed by atoms with van der Waals surface area (Å²) in [7, 11) is 6.06. The molecular weight excluding hydrogens is 407 g/mol. The Morgan fingerprint density at radius 1 is 0.519 bits per heavy atom. The molecular formula is C18H33Cl3N6. The van der Waals surface area contributed by atoms with E-state index in [1.54, 1.807) is 0 Å². The number of aryl methyl sites for hydroxylation is 6. The molecule has 0 fully saturated rings. The summed E-state index contributed by atoms with van der Waals surface area (Å²) in [5.41, 5.74) is 0. The number of nitrogens with zero attached hydrogens (tertiary/aromatic N) is 6. The molecule has 0 unspecified atom stereocenters. The van der Waals surface area contributed by atoms with Crippen LogP contribution < -0.4 is 50.9 Å². The molecule has 0 aliphatic rings. The lowest BCUT2D eigenvalue weighted by molar-refractivity contribution is -0.671. The highest BCUT2D eigenvalue weighted by Gasteiger charge is 1.93. The van der Waals surface area contributed by atoms with Gasteiger partial charge in [-0.3, -0.25) is 0 Å². The second-order valence-electron chi connectivity index (χ2n) is 5.73. The topological polar surface area (TPSA) is 26.4 Å². The summed E-state index contributed by atoms with van der Waals surface area (Å²) in [6.07, 6.45) is 18.4. The van der Waals surface area contributed by atoms with Crippen molar-refractivity contribution in [3.8, 4) is 0 Å². The fourth-order valence-electron chi connectivity index (χ4n) is 2.07. The summed E-state index contributed by atoms with van der Waals surface area (Å²) in [5, 5.41) is 0. The number of halogens is 3. The minimum Gasteiger partial charge on any atom is -1.00 e. The monoisotopic (exact) mass is 438 g/mol. The fourth-order valence-corrected chi connectivity index (χ4v) is 2.07. The average molecular weight is 440 g/mol. The van der Waals surface area contributed by atoms with E-state index in [0.29, 0.717) is 0 Å². The van der Waals surface area contributed by atoms with Gasteiger partial charge >= 0.3 is 0 Å². The first-order valence-electron chi connectivity index (χ1n) is 8.51. The SMILES string of the molecule is CCn1cc[n+](C)c1.CCn1cc[n+](C)c1.CCn1cc[n+](C)c1.[Cl-].[Cl-].[Cl-]. The summed E-state index contributed by atoms with van der Waals surface area (Å²) in [6.45, 7) is 9.54. The van der Waals surface area contributed by atoms with Crippen LogP contribution in [0.1, 0.15) is 20.8 Å². The van der Waals surface area contributed by atoms with Crippen LogP contribution in [0.4, 0.5) is 0 Å². The van der Waals surface area contributed by atoms with Gasteiger partial charge in [-0.05, 0) is 20.8 Å². The number of rotatable bonds is 3. The molecule has 3 aromatic rings. The molecule has 0 amide bonds. The number of hydrogen-bond donors (Lipinski definition) is 0. The number of hydrogen-bond acceptors (Lipinski definition) is 0. The Kier molecular flexibility index (Phi) is 18.7. The molecule has 0 spiro atoms. The Hall–Kier alpha value is -1.50. The van der Waals surface area contributed by atoms with E-state index < -0.39 is 0 Å². The largest absolute Gasteiger partial charge is 1.00 e. The lowest BCUT2D eigenvalue weighted by Gasteiger charge is -1.81. The summed E-state index contributed by atoms with van der Waals surface area (Å²) < 4.78 is 12.5. The molecule has 0 bridgehead atoms. The van der Waals surface area contributed by atoms with E-state index >= 15 is 0 Å². The molecule has 9 heteroatoms. The van der Waals surface area contributed by atoms with Crippen LogP contribution in [0.2, 0.25) is 0 Å². The molecule has 0 radical (unpaired) electrons. The standard InChI is InChI=1S/3C6H11N2.3ClH/c3*1-3-8-5-4-7(2)6-8;;;/h3*4-6H,3H2,1-2H3;3*1H/q3*+1;;;/p-3. The molecule has 6 nitrogen and oxygen atoms in total. The summed E-state index contributed by atoms with van der Waals surface area (Å²) in [6, 6.07) is 0. The lowest BCUT2D eigenvalue weighted by atomic mass is 10.7. The first kappa shape index (κ1) is 30.2. The Balaban J connectivity index is -0.000000303. The van der Waals surface area contributed by atoms with Crippen molar-refractivity contribution in [1.82, 2.24) is 13.7 Å². The van der Waals surface area contributed by atoms with Gasteiger partial charge in [-0.1, -0.05) is 0 Å². The molecule has 0 aliphatic carbocycles. The van der Waals surface area contributed by atoms with Gasteiger partial charge in [0.05, 0.1) is 40.8 Å². The number of imidazole rings is 3. The van der Waals surface area contributed by atoms with Crippen molar-refractivity contribution in [1.29, 1.82) is 0 Å². The summed E-state index contributed by atoms with van der Waals surface area (Å²) in [4.78, 5) is 0. The van der Waals surface area contributed by atoms with Crippen molar-refractivity contribution in [2.75, 3.05) is 0 Å². The Labute approximate surface area is 182 Å². The van der Waals surface area contributed by atoms with Crippen LogP contribution in [0.3, 0.4) is 0 Å². The van der Waals surface area contributed by atoms with Crippen LogP contribution in [0.15, 0.2) is 56.2 Å². The summed E-state index contributed by atoms with van der Waals surface area (Å²) in [5.74, 6) is 0. The van der Waals surface area contributed by atoms with Crippen molar-refractivity contribution in [3.05, 3.63) is 56.2 Å².